The molecule has 0 bridgehead atoms. The molecule has 0 aliphatic heterocycles. The maximum Gasteiger partial charge on any atom is 0.272 e. The summed E-state index contributed by atoms with van der Waals surface area (Å²) in [4.78, 5) is 15.7. The van der Waals surface area contributed by atoms with Crippen molar-refractivity contribution in [1.82, 2.24) is 4.98 Å². The van der Waals surface area contributed by atoms with E-state index in [2.05, 4.69) is 10.3 Å². The van der Waals surface area contributed by atoms with Gasteiger partial charge in [0.25, 0.3) is 5.91 Å². The number of carbonyl (C=O) groups is 1. The van der Waals surface area contributed by atoms with Gasteiger partial charge in [-0.05, 0) is 24.5 Å². The van der Waals surface area contributed by atoms with Crippen LogP contribution in [0.4, 0.5) is 5.69 Å². The van der Waals surface area contributed by atoms with E-state index in [1.165, 1.54) is 0 Å². The number of H-pyrrole nitrogens is 1. The van der Waals surface area contributed by atoms with Crippen molar-refractivity contribution in [2.45, 2.75) is 4.90 Å². The molecule has 0 aliphatic rings. The van der Waals surface area contributed by atoms with Crippen molar-refractivity contribution in [3.05, 3.63) is 47.2 Å². The standard InChI is InChI=1S/C12H11ClN2OS/c1-17-11-5-3-2-4-9(11)15-12(16)10-6-8(13)7-14-10/h2-7,14H,1H3,(H,15,16). The Morgan fingerprint density at radius 2 is 2.18 bits per heavy atom. The van der Waals surface area contributed by atoms with Crippen LogP contribution in [-0.2, 0) is 0 Å². The van der Waals surface area contributed by atoms with E-state index in [1.807, 2.05) is 30.5 Å². The van der Waals surface area contributed by atoms with Crippen LogP contribution >= 0.6 is 23.4 Å². The SMILES string of the molecule is CSc1ccccc1NC(=O)c1cc(Cl)c[nH]1. The summed E-state index contributed by atoms with van der Waals surface area (Å²) in [6.07, 6.45) is 3.55. The molecule has 1 heterocycles. The lowest BCUT2D eigenvalue weighted by Crippen LogP contribution is -2.12. The minimum Gasteiger partial charge on any atom is -0.356 e. The first-order valence-corrected chi connectivity index (χ1v) is 6.59. The molecular weight excluding hydrogens is 256 g/mol. The van der Waals surface area contributed by atoms with Gasteiger partial charge in [-0.3, -0.25) is 4.79 Å². The zero-order chi connectivity index (χ0) is 12.3. The summed E-state index contributed by atoms with van der Waals surface area (Å²) in [6, 6.07) is 9.25. The average Bonchev–Trinajstić information content (AvgIpc) is 2.77. The van der Waals surface area contributed by atoms with Crippen LogP contribution in [0.1, 0.15) is 10.5 Å². The molecule has 1 amide bonds. The van der Waals surface area contributed by atoms with Crippen molar-refractivity contribution >= 4 is 35.0 Å². The smallest absolute Gasteiger partial charge is 0.272 e. The summed E-state index contributed by atoms with van der Waals surface area (Å²) in [6.45, 7) is 0. The van der Waals surface area contributed by atoms with Crippen LogP contribution in [0.25, 0.3) is 0 Å². The van der Waals surface area contributed by atoms with Crippen LogP contribution in [-0.4, -0.2) is 17.1 Å². The van der Waals surface area contributed by atoms with E-state index in [1.54, 1.807) is 24.0 Å². The van der Waals surface area contributed by atoms with Crippen LogP contribution < -0.4 is 5.32 Å². The summed E-state index contributed by atoms with van der Waals surface area (Å²) in [5.74, 6) is -0.196. The van der Waals surface area contributed by atoms with Crippen LogP contribution in [0.15, 0.2) is 41.4 Å². The van der Waals surface area contributed by atoms with Gasteiger partial charge in [0.15, 0.2) is 0 Å². The maximum absolute atomic E-state index is 11.9. The number of hydrogen-bond acceptors (Lipinski definition) is 2. The van der Waals surface area contributed by atoms with Gasteiger partial charge in [-0.2, -0.15) is 0 Å². The number of benzene rings is 1. The molecule has 0 fully saturated rings. The number of para-hydroxylation sites is 1. The molecule has 2 N–H and O–H groups in total. The van der Waals surface area contributed by atoms with Crippen molar-refractivity contribution in [2.75, 3.05) is 11.6 Å². The lowest BCUT2D eigenvalue weighted by Gasteiger charge is -2.07. The normalized spacial score (nSPS) is 10.2. The van der Waals surface area contributed by atoms with Crippen LogP contribution in [0.5, 0.6) is 0 Å². The molecular formula is C12H11ClN2OS. The second kappa shape index (κ2) is 5.29. The van der Waals surface area contributed by atoms with E-state index in [0.29, 0.717) is 10.7 Å². The van der Waals surface area contributed by atoms with Gasteiger partial charge in [0.2, 0.25) is 0 Å². The third kappa shape index (κ3) is 2.84. The van der Waals surface area contributed by atoms with Gasteiger partial charge in [0, 0.05) is 11.1 Å². The van der Waals surface area contributed by atoms with Crippen molar-refractivity contribution < 1.29 is 4.79 Å². The summed E-state index contributed by atoms with van der Waals surface area (Å²) < 4.78 is 0. The average molecular weight is 267 g/mol. The lowest BCUT2D eigenvalue weighted by molar-refractivity contribution is 0.102. The molecule has 1 aromatic heterocycles. The van der Waals surface area contributed by atoms with E-state index in [9.17, 15) is 4.79 Å². The Hall–Kier alpha value is -1.39. The van der Waals surface area contributed by atoms with E-state index >= 15 is 0 Å². The third-order valence-corrected chi connectivity index (χ3v) is 3.26. The molecule has 2 rings (SSSR count). The quantitative estimate of drug-likeness (QED) is 0.833. The minimum absolute atomic E-state index is 0.196. The first-order valence-electron chi connectivity index (χ1n) is 4.99. The predicted octanol–water partition coefficient (Wildman–Crippen LogP) is 3.64. The Balaban J connectivity index is 2.18. The number of aromatic nitrogens is 1. The second-order valence-corrected chi connectivity index (χ2v) is 4.67. The monoisotopic (exact) mass is 266 g/mol. The Morgan fingerprint density at radius 3 is 2.82 bits per heavy atom. The summed E-state index contributed by atoms with van der Waals surface area (Å²) in [7, 11) is 0. The van der Waals surface area contributed by atoms with Gasteiger partial charge < -0.3 is 10.3 Å². The van der Waals surface area contributed by atoms with Crippen molar-refractivity contribution in [3.8, 4) is 0 Å². The maximum atomic E-state index is 11.9. The number of carbonyl (C=O) groups excluding carboxylic acids is 1. The lowest BCUT2D eigenvalue weighted by atomic mass is 10.3. The Bertz CT molecular complexity index is 539. The number of nitrogens with one attached hydrogen (secondary N) is 2. The van der Waals surface area contributed by atoms with Gasteiger partial charge in [0.1, 0.15) is 5.69 Å². The summed E-state index contributed by atoms with van der Waals surface area (Å²) >= 11 is 7.34. The van der Waals surface area contributed by atoms with Gasteiger partial charge >= 0.3 is 0 Å². The van der Waals surface area contributed by atoms with Crippen LogP contribution in [0.3, 0.4) is 0 Å². The molecule has 2 aromatic rings. The highest BCUT2D eigenvalue weighted by Crippen LogP contribution is 2.25. The molecule has 17 heavy (non-hydrogen) atoms. The number of anilines is 1. The molecule has 3 nitrogen and oxygen atoms in total. The number of amides is 1. The molecule has 1 aromatic carbocycles. The fourth-order valence-corrected chi connectivity index (χ4v) is 2.15. The third-order valence-electron chi connectivity index (χ3n) is 2.25. The molecule has 0 atom stereocenters. The zero-order valence-electron chi connectivity index (χ0n) is 9.16. The molecule has 0 saturated heterocycles. The van der Waals surface area contributed by atoms with E-state index < -0.39 is 0 Å². The van der Waals surface area contributed by atoms with Crippen molar-refractivity contribution in [1.29, 1.82) is 0 Å². The first-order chi connectivity index (χ1) is 8.20. The molecule has 0 spiro atoms. The predicted molar refractivity (Wildman–Crippen MR) is 72.0 cm³/mol. The fourth-order valence-electron chi connectivity index (χ4n) is 1.44. The Morgan fingerprint density at radius 1 is 1.41 bits per heavy atom. The number of halogens is 1. The zero-order valence-corrected chi connectivity index (χ0v) is 10.7. The summed E-state index contributed by atoms with van der Waals surface area (Å²) in [5.41, 5.74) is 1.25. The highest BCUT2D eigenvalue weighted by atomic mass is 35.5. The molecule has 0 radical (unpaired) electrons. The Labute approximate surface area is 109 Å². The van der Waals surface area contributed by atoms with Crippen LogP contribution in [0.2, 0.25) is 5.02 Å². The van der Waals surface area contributed by atoms with Gasteiger partial charge in [-0.15, -0.1) is 11.8 Å². The van der Waals surface area contributed by atoms with Crippen LogP contribution in [0, 0.1) is 0 Å². The highest BCUT2D eigenvalue weighted by Gasteiger charge is 2.10. The fraction of sp³-hybridized carbons (Fsp3) is 0.0833. The Kier molecular flexibility index (Phi) is 3.76. The molecule has 0 unspecified atom stereocenters. The second-order valence-electron chi connectivity index (χ2n) is 3.39. The number of hydrogen-bond donors (Lipinski definition) is 2. The number of aromatic amines is 1. The number of rotatable bonds is 3. The van der Waals surface area contributed by atoms with E-state index in [4.69, 9.17) is 11.6 Å². The van der Waals surface area contributed by atoms with Gasteiger partial charge in [-0.1, -0.05) is 23.7 Å². The van der Waals surface area contributed by atoms with E-state index in [0.717, 1.165) is 10.6 Å². The minimum atomic E-state index is -0.196. The summed E-state index contributed by atoms with van der Waals surface area (Å²) in [5, 5.41) is 3.36. The van der Waals surface area contributed by atoms with Gasteiger partial charge in [-0.25, -0.2) is 0 Å². The van der Waals surface area contributed by atoms with E-state index in [-0.39, 0.29) is 5.91 Å². The molecule has 0 saturated carbocycles. The molecule has 5 heteroatoms. The first kappa shape index (κ1) is 12.1. The van der Waals surface area contributed by atoms with Crippen molar-refractivity contribution in [2.24, 2.45) is 0 Å². The van der Waals surface area contributed by atoms with Crippen molar-refractivity contribution in [3.63, 3.8) is 0 Å². The molecule has 88 valence electrons. The topological polar surface area (TPSA) is 44.9 Å². The number of thioether (sulfide) groups is 1. The largest absolute Gasteiger partial charge is 0.356 e. The highest BCUT2D eigenvalue weighted by molar-refractivity contribution is 7.98. The molecule has 0 aliphatic carbocycles. The van der Waals surface area contributed by atoms with Gasteiger partial charge in [0.05, 0.1) is 10.7 Å².